The number of hydrogen-bond donors (Lipinski definition) is 0. The van der Waals surface area contributed by atoms with E-state index in [4.69, 9.17) is 13.9 Å². The Bertz CT molecular complexity index is 1530. The Labute approximate surface area is 243 Å². The lowest BCUT2D eigenvalue weighted by Crippen LogP contribution is -2.43. The van der Waals surface area contributed by atoms with E-state index in [2.05, 4.69) is 16.8 Å². The van der Waals surface area contributed by atoms with Crippen molar-refractivity contribution in [3.05, 3.63) is 94.3 Å². The van der Waals surface area contributed by atoms with Crippen LogP contribution in [0.1, 0.15) is 30.4 Å². The number of piperidine rings is 1. The van der Waals surface area contributed by atoms with E-state index in [0.717, 1.165) is 67.9 Å². The molecule has 0 atom stereocenters. The zero-order chi connectivity index (χ0) is 29.7. The Balaban J connectivity index is 1.06. The fraction of sp³-hybridized carbons (Fsp3) is 0.364. The minimum absolute atomic E-state index is 0.0972. The lowest BCUT2D eigenvalue weighted by atomic mass is 10.0. The van der Waals surface area contributed by atoms with E-state index in [1.807, 2.05) is 24.3 Å². The maximum absolute atomic E-state index is 13.1. The highest BCUT2D eigenvalue weighted by molar-refractivity contribution is 5.82. The number of likely N-dealkylation sites (tertiary alicyclic amines) is 1. The Kier molecular flexibility index (Phi) is 9.18. The predicted molar refractivity (Wildman–Crippen MR) is 157 cm³/mol. The maximum atomic E-state index is 13.1. The molecule has 3 aromatic carbocycles. The predicted octanol–water partition coefficient (Wildman–Crippen LogP) is 6.85. The van der Waals surface area contributed by atoms with Gasteiger partial charge in [-0.15, -0.1) is 0 Å². The van der Waals surface area contributed by atoms with Crippen molar-refractivity contribution in [3.63, 3.8) is 0 Å². The van der Waals surface area contributed by atoms with Crippen LogP contribution in [0.4, 0.5) is 13.2 Å². The van der Waals surface area contributed by atoms with Gasteiger partial charge in [-0.2, -0.15) is 13.2 Å². The van der Waals surface area contributed by atoms with Crippen molar-refractivity contribution in [1.82, 2.24) is 9.80 Å². The second-order valence-electron chi connectivity index (χ2n) is 10.7. The van der Waals surface area contributed by atoms with Gasteiger partial charge in [-0.05, 0) is 86.9 Å². The van der Waals surface area contributed by atoms with Crippen molar-refractivity contribution in [2.75, 3.05) is 40.4 Å². The number of hydrogen-bond acceptors (Lipinski definition) is 6. The molecular formula is C33H35F3N2O4. The van der Waals surface area contributed by atoms with Gasteiger partial charge in [0.15, 0.2) is 5.43 Å². The lowest BCUT2D eigenvalue weighted by Gasteiger charge is -2.36. The average Bonchev–Trinajstić information content (AvgIpc) is 3.00. The molecule has 0 unspecified atom stereocenters. The van der Waals surface area contributed by atoms with Crippen molar-refractivity contribution in [1.29, 1.82) is 0 Å². The number of ether oxygens (including phenoxy) is 2. The Morgan fingerprint density at radius 1 is 0.976 bits per heavy atom. The molecule has 6 nitrogen and oxygen atoms in total. The molecule has 9 heteroatoms. The molecule has 0 radical (unpaired) electrons. The first-order chi connectivity index (χ1) is 20.2. The molecule has 1 aliphatic heterocycles. The Hall–Kier alpha value is -3.82. The third-order valence-electron chi connectivity index (χ3n) is 7.94. The van der Waals surface area contributed by atoms with E-state index < -0.39 is 11.7 Å². The monoisotopic (exact) mass is 580 g/mol. The standard InChI is InChI=1S/C33H35F3N2O4/c1-37(26-14-17-38(18-15-26)21-23-4-8-25(9-5-23)33(34,35)36)16-3-19-41-28-12-13-29-31(20-28)42-22-30(32(29)39)24-6-10-27(40-2)11-7-24/h4-13,20,22,26H,3,14-19,21H2,1-2H3. The van der Waals surface area contributed by atoms with Crippen LogP contribution in [-0.4, -0.2) is 56.2 Å². The summed E-state index contributed by atoms with van der Waals surface area (Å²) >= 11 is 0. The van der Waals surface area contributed by atoms with Crippen LogP contribution in [0.15, 0.2) is 82.2 Å². The molecule has 0 saturated carbocycles. The number of halogens is 3. The quantitative estimate of drug-likeness (QED) is 0.191. The zero-order valence-corrected chi connectivity index (χ0v) is 23.8. The second-order valence-corrected chi connectivity index (χ2v) is 10.7. The summed E-state index contributed by atoms with van der Waals surface area (Å²) in [4.78, 5) is 17.7. The summed E-state index contributed by atoms with van der Waals surface area (Å²) in [5.74, 6) is 1.37. The van der Waals surface area contributed by atoms with Crippen LogP contribution in [0, 0.1) is 0 Å². The number of rotatable bonds is 10. The first-order valence-corrected chi connectivity index (χ1v) is 14.1. The zero-order valence-electron chi connectivity index (χ0n) is 23.8. The van der Waals surface area contributed by atoms with Gasteiger partial charge < -0.3 is 18.8 Å². The van der Waals surface area contributed by atoms with Crippen LogP contribution in [0.25, 0.3) is 22.1 Å². The van der Waals surface area contributed by atoms with Gasteiger partial charge >= 0.3 is 6.18 Å². The topological polar surface area (TPSA) is 55.2 Å². The van der Waals surface area contributed by atoms with Gasteiger partial charge in [0.05, 0.1) is 30.2 Å². The van der Waals surface area contributed by atoms with Crippen molar-refractivity contribution in [2.24, 2.45) is 0 Å². The molecule has 1 aliphatic rings. The van der Waals surface area contributed by atoms with Crippen molar-refractivity contribution < 1.29 is 27.1 Å². The maximum Gasteiger partial charge on any atom is 0.416 e. The molecule has 1 saturated heterocycles. The van der Waals surface area contributed by atoms with Gasteiger partial charge in [-0.3, -0.25) is 9.69 Å². The molecule has 0 N–H and O–H groups in total. The molecule has 222 valence electrons. The molecule has 0 bridgehead atoms. The molecular weight excluding hydrogens is 545 g/mol. The molecule has 42 heavy (non-hydrogen) atoms. The van der Waals surface area contributed by atoms with Crippen molar-refractivity contribution >= 4 is 11.0 Å². The molecule has 2 heterocycles. The van der Waals surface area contributed by atoms with Gasteiger partial charge in [0.1, 0.15) is 23.3 Å². The summed E-state index contributed by atoms with van der Waals surface area (Å²) in [6.45, 7) is 3.91. The van der Waals surface area contributed by atoms with E-state index >= 15 is 0 Å². The minimum atomic E-state index is -4.30. The van der Waals surface area contributed by atoms with E-state index in [-0.39, 0.29) is 5.43 Å². The second kappa shape index (κ2) is 13.0. The number of benzene rings is 3. The van der Waals surface area contributed by atoms with Gasteiger partial charge in [0.25, 0.3) is 0 Å². The summed E-state index contributed by atoms with van der Waals surface area (Å²) in [6.07, 6.45) is 0.0595. The molecule has 0 amide bonds. The van der Waals surface area contributed by atoms with Crippen LogP contribution >= 0.6 is 0 Å². The van der Waals surface area contributed by atoms with Crippen LogP contribution in [0.3, 0.4) is 0 Å². The first-order valence-electron chi connectivity index (χ1n) is 14.1. The molecule has 0 spiro atoms. The highest BCUT2D eigenvalue weighted by Crippen LogP contribution is 2.29. The van der Waals surface area contributed by atoms with Crippen molar-refractivity contribution in [2.45, 2.75) is 38.0 Å². The third-order valence-corrected chi connectivity index (χ3v) is 7.94. The van der Waals surface area contributed by atoms with Crippen LogP contribution in [0.5, 0.6) is 11.5 Å². The van der Waals surface area contributed by atoms with Gasteiger partial charge in [0.2, 0.25) is 0 Å². The van der Waals surface area contributed by atoms with Gasteiger partial charge in [-0.1, -0.05) is 24.3 Å². The molecule has 0 aliphatic carbocycles. The average molecular weight is 581 g/mol. The third kappa shape index (κ3) is 7.14. The highest BCUT2D eigenvalue weighted by Gasteiger charge is 2.30. The first kappa shape index (κ1) is 29.7. The smallest absolute Gasteiger partial charge is 0.416 e. The lowest BCUT2D eigenvalue weighted by molar-refractivity contribution is -0.137. The fourth-order valence-corrected chi connectivity index (χ4v) is 5.43. The van der Waals surface area contributed by atoms with Crippen LogP contribution < -0.4 is 14.9 Å². The molecule has 1 fully saturated rings. The largest absolute Gasteiger partial charge is 0.497 e. The number of nitrogens with zero attached hydrogens (tertiary/aromatic N) is 2. The van der Waals surface area contributed by atoms with Gasteiger partial charge in [0, 0.05) is 25.2 Å². The van der Waals surface area contributed by atoms with E-state index in [1.54, 1.807) is 37.4 Å². The Morgan fingerprint density at radius 2 is 1.67 bits per heavy atom. The normalized spacial score (nSPS) is 14.9. The van der Waals surface area contributed by atoms with Crippen LogP contribution in [0.2, 0.25) is 0 Å². The summed E-state index contributed by atoms with van der Waals surface area (Å²) in [5, 5.41) is 0.500. The summed E-state index contributed by atoms with van der Waals surface area (Å²) in [6, 6.07) is 18.5. The van der Waals surface area contributed by atoms with E-state index in [9.17, 15) is 18.0 Å². The van der Waals surface area contributed by atoms with E-state index in [0.29, 0.717) is 41.5 Å². The molecule has 5 rings (SSSR count). The summed E-state index contributed by atoms with van der Waals surface area (Å²) in [5.41, 5.74) is 1.93. The molecule has 1 aromatic heterocycles. The summed E-state index contributed by atoms with van der Waals surface area (Å²) < 4.78 is 55.4. The highest BCUT2D eigenvalue weighted by atomic mass is 19.4. The minimum Gasteiger partial charge on any atom is -0.497 e. The number of alkyl halides is 3. The number of fused-ring (bicyclic) bond motifs is 1. The molecule has 4 aromatic rings. The Morgan fingerprint density at radius 3 is 2.33 bits per heavy atom. The van der Waals surface area contributed by atoms with Crippen molar-refractivity contribution in [3.8, 4) is 22.6 Å². The summed E-state index contributed by atoms with van der Waals surface area (Å²) in [7, 11) is 3.72. The van der Waals surface area contributed by atoms with E-state index in [1.165, 1.54) is 6.26 Å². The van der Waals surface area contributed by atoms with Crippen LogP contribution in [-0.2, 0) is 12.7 Å². The van der Waals surface area contributed by atoms with Gasteiger partial charge in [-0.25, -0.2) is 0 Å². The SMILES string of the molecule is COc1ccc(-c2coc3cc(OCCCN(C)C4CCN(Cc5ccc(C(F)(F)F)cc5)CC4)ccc3c2=O)cc1. The number of methoxy groups -OCH3 is 1. The fourth-order valence-electron chi connectivity index (χ4n) is 5.43.